The summed E-state index contributed by atoms with van der Waals surface area (Å²) in [5, 5.41) is 3.59. The van der Waals surface area contributed by atoms with Crippen molar-refractivity contribution in [3.63, 3.8) is 0 Å². The molecule has 7 nitrogen and oxygen atoms in total. The van der Waals surface area contributed by atoms with E-state index in [-0.39, 0.29) is 6.03 Å². The van der Waals surface area contributed by atoms with Crippen LogP contribution in [0.4, 0.5) is 10.5 Å². The minimum atomic E-state index is -0.156. The molecule has 0 atom stereocenters. The zero-order valence-corrected chi connectivity index (χ0v) is 16.0. The molecule has 26 heavy (non-hydrogen) atoms. The average molecular weight is 373 g/mol. The molecule has 0 saturated heterocycles. The third-order valence-corrected chi connectivity index (χ3v) is 4.63. The van der Waals surface area contributed by atoms with Crippen LogP contribution in [0, 0.1) is 0 Å². The smallest absolute Gasteiger partial charge is 0.322 e. The van der Waals surface area contributed by atoms with Crippen LogP contribution in [0.2, 0.25) is 0 Å². The van der Waals surface area contributed by atoms with Gasteiger partial charge in [0.05, 0.1) is 6.54 Å². The fourth-order valence-electron chi connectivity index (χ4n) is 2.61. The monoisotopic (exact) mass is 373 g/mol. The van der Waals surface area contributed by atoms with Crippen LogP contribution in [0.3, 0.4) is 0 Å². The van der Waals surface area contributed by atoms with Gasteiger partial charge in [0.1, 0.15) is 11.3 Å². The van der Waals surface area contributed by atoms with Crippen LogP contribution in [-0.2, 0) is 13.6 Å². The topological polar surface area (TPSA) is 76.2 Å². The molecule has 8 heteroatoms. The summed E-state index contributed by atoms with van der Waals surface area (Å²) in [6.07, 6.45) is 4.48. The molecule has 0 aliphatic heterocycles. The maximum absolute atomic E-state index is 12.7. The Balaban J connectivity index is 1.73. The summed E-state index contributed by atoms with van der Waals surface area (Å²) in [5.74, 6) is 1.75. The number of amides is 2. The Hall–Kier alpha value is -2.48. The highest BCUT2D eigenvalue weighted by atomic mass is 32.2. The van der Waals surface area contributed by atoms with Gasteiger partial charge in [0.2, 0.25) is 0 Å². The number of hydrogen-bond donors (Lipinski definition) is 1. The van der Waals surface area contributed by atoms with Gasteiger partial charge >= 0.3 is 6.03 Å². The molecule has 1 aromatic carbocycles. The van der Waals surface area contributed by atoms with E-state index in [9.17, 15) is 4.79 Å². The number of rotatable bonds is 7. The van der Waals surface area contributed by atoms with Crippen LogP contribution in [0.5, 0.6) is 0 Å². The van der Waals surface area contributed by atoms with Gasteiger partial charge in [0.25, 0.3) is 5.22 Å². The summed E-state index contributed by atoms with van der Waals surface area (Å²) >= 11 is 1.55. The van der Waals surface area contributed by atoms with Crippen molar-refractivity contribution in [2.75, 3.05) is 17.6 Å². The molecule has 1 N–H and O–H groups in total. The summed E-state index contributed by atoms with van der Waals surface area (Å²) in [5.41, 5.74) is 2.15. The number of hydrogen-bond acceptors (Lipinski definition) is 5. The molecule has 0 spiro atoms. The zero-order chi connectivity index (χ0) is 18.5. The molecule has 0 saturated carbocycles. The number of fused-ring (bicyclic) bond motifs is 1. The van der Waals surface area contributed by atoms with Crippen molar-refractivity contribution in [1.29, 1.82) is 0 Å². The van der Waals surface area contributed by atoms with Crippen LogP contribution < -0.4 is 5.32 Å². The lowest BCUT2D eigenvalue weighted by Crippen LogP contribution is -2.35. The van der Waals surface area contributed by atoms with Crippen molar-refractivity contribution in [3.05, 3.63) is 36.4 Å². The van der Waals surface area contributed by atoms with E-state index in [0.29, 0.717) is 29.6 Å². The number of benzene rings is 1. The number of aryl methyl sites for hydroxylation is 1. The van der Waals surface area contributed by atoms with Gasteiger partial charge in [0, 0.05) is 37.7 Å². The number of carbonyl (C=O) groups excluding carboxylic acids is 1. The molecule has 0 bridgehead atoms. The molecule has 0 radical (unpaired) electrons. The maximum atomic E-state index is 12.7. The van der Waals surface area contributed by atoms with Crippen molar-refractivity contribution in [2.45, 2.75) is 32.0 Å². The summed E-state index contributed by atoms with van der Waals surface area (Å²) in [6, 6.07) is 5.35. The Labute approximate surface area is 156 Å². The van der Waals surface area contributed by atoms with Crippen molar-refractivity contribution in [2.24, 2.45) is 7.05 Å². The number of nitrogens with one attached hydrogen (secondary N) is 1. The van der Waals surface area contributed by atoms with Crippen molar-refractivity contribution >= 4 is 34.6 Å². The molecule has 138 valence electrons. The van der Waals surface area contributed by atoms with Gasteiger partial charge in [-0.2, -0.15) is 0 Å². The van der Waals surface area contributed by atoms with E-state index in [1.807, 2.05) is 42.9 Å². The minimum absolute atomic E-state index is 0.156. The largest absolute Gasteiger partial charge is 0.431 e. The Kier molecular flexibility index (Phi) is 5.82. The molecule has 0 aliphatic carbocycles. The van der Waals surface area contributed by atoms with E-state index >= 15 is 0 Å². The first-order valence-corrected chi connectivity index (χ1v) is 9.64. The van der Waals surface area contributed by atoms with Crippen molar-refractivity contribution < 1.29 is 9.21 Å². The van der Waals surface area contributed by atoms with Gasteiger partial charge in [-0.15, -0.1) is 0 Å². The first-order chi connectivity index (χ1) is 12.6. The summed E-state index contributed by atoms with van der Waals surface area (Å²) in [7, 11) is 1.92. The predicted octanol–water partition coefficient (Wildman–Crippen LogP) is 4.12. The molecular weight excluding hydrogens is 350 g/mol. The quantitative estimate of drug-likeness (QED) is 0.631. The number of imidazole rings is 1. The minimum Gasteiger partial charge on any atom is -0.431 e. The third-order valence-electron chi connectivity index (χ3n) is 3.92. The van der Waals surface area contributed by atoms with Gasteiger partial charge in [-0.3, -0.25) is 0 Å². The molecule has 0 aliphatic rings. The fourth-order valence-corrected chi connectivity index (χ4v) is 3.17. The number of nitrogens with zero attached hydrogens (tertiary/aromatic N) is 4. The van der Waals surface area contributed by atoms with Crippen LogP contribution >= 0.6 is 11.8 Å². The van der Waals surface area contributed by atoms with E-state index < -0.39 is 0 Å². The second kappa shape index (κ2) is 8.27. The molecular formula is C18H23N5O2S. The molecule has 0 fully saturated rings. The predicted molar refractivity (Wildman–Crippen MR) is 103 cm³/mol. The highest BCUT2D eigenvalue weighted by Crippen LogP contribution is 2.25. The molecule has 3 rings (SSSR count). The highest BCUT2D eigenvalue weighted by Gasteiger charge is 2.16. The summed E-state index contributed by atoms with van der Waals surface area (Å²) < 4.78 is 7.63. The molecule has 2 amide bonds. The van der Waals surface area contributed by atoms with Gasteiger partial charge in [-0.25, -0.2) is 14.8 Å². The number of aromatic nitrogens is 3. The highest BCUT2D eigenvalue weighted by molar-refractivity contribution is 7.99. The van der Waals surface area contributed by atoms with Gasteiger partial charge in [0.15, 0.2) is 5.58 Å². The van der Waals surface area contributed by atoms with Crippen molar-refractivity contribution in [3.8, 4) is 0 Å². The lowest BCUT2D eigenvalue weighted by molar-refractivity contribution is 0.207. The van der Waals surface area contributed by atoms with E-state index in [1.54, 1.807) is 22.9 Å². The standard InChI is InChI=1S/C18H23N5O2S/c1-4-9-23(12-16-19-8-10-22(16)3)17(24)20-13-6-7-14-15(11-13)25-18(21-14)26-5-2/h6-8,10-11H,4-5,9,12H2,1-3H3,(H,20,24). The molecule has 2 heterocycles. The van der Waals surface area contributed by atoms with Crippen LogP contribution in [0.15, 0.2) is 40.2 Å². The SMILES string of the molecule is CCCN(Cc1nccn1C)C(=O)Nc1ccc2nc(SCC)oc2c1. The van der Waals surface area contributed by atoms with E-state index in [0.717, 1.165) is 23.5 Å². The van der Waals surface area contributed by atoms with Crippen LogP contribution in [0.25, 0.3) is 11.1 Å². The van der Waals surface area contributed by atoms with E-state index in [1.165, 1.54) is 0 Å². The summed E-state index contributed by atoms with van der Waals surface area (Å²) in [6.45, 7) is 5.22. The van der Waals surface area contributed by atoms with E-state index in [4.69, 9.17) is 4.42 Å². The lowest BCUT2D eigenvalue weighted by atomic mass is 10.3. The normalized spacial score (nSPS) is 11.0. The first kappa shape index (κ1) is 18.3. The lowest BCUT2D eigenvalue weighted by Gasteiger charge is -2.22. The Morgan fingerprint density at radius 2 is 2.23 bits per heavy atom. The van der Waals surface area contributed by atoms with Crippen molar-refractivity contribution in [1.82, 2.24) is 19.4 Å². The Bertz CT molecular complexity index is 889. The van der Waals surface area contributed by atoms with Gasteiger partial charge < -0.3 is 19.2 Å². The Morgan fingerprint density at radius 1 is 1.38 bits per heavy atom. The second-order valence-electron chi connectivity index (χ2n) is 5.90. The van der Waals surface area contributed by atoms with Crippen LogP contribution in [-0.4, -0.2) is 37.8 Å². The van der Waals surface area contributed by atoms with E-state index in [2.05, 4.69) is 22.2 Å². The maximum Gasteiger partial charge on any atom is 0.322 e. The zero-order valence-electron chi connectivity index (χ0n) is 15.2. The fraction of sp³-hybridized carbons (Fsp3) is 0.389. The summed E-state index contributed by atoms with van der Waals surface area (Å²) in [4.78, 5) is 23.2. The number of carbonyl (C=O) groups is 1. The van der Waals surface area contributed by atoms with Gasteiger partial charge in [-0.05, 0) is 24.3 Å². The number of urea groups is 1. The first-order valence-electron chi connectivity index (χ1n) is 8.66. The molecule has 0 unspecified atom stereocenters. The number of oxazole rings is 1. The number of thioether (sulfide) groups is 1. The number of anilines is 1. The second-order valence-corrected chi connectivity index (χ2v) is 7.12. The molecule has 3 aromatic rings. The molecule has 2 aromatic heterocycles. The Morgan fingerprint density at radius 3 is 2.92 bits per heavy atom. The third kappa shape index (κ3) is 4.19. The van der Waals surface area contributed by atoms with Gasteiger partial charge in [-0.1, -0.05) is 25.6 Å². The average Bonchev–Trinajstić information content (AvgIpc) is 3.20. The van der Waals surface area contributed by atoms with Crippen LogP contribution in [0.1, 0.15) is 26.1 Å².